The van der Waals surface area contributed by atoms with Crippen LogP contribution in [-0.2, 0) is 9.74 Å². The molecular weight excluding hydrogens is 207 g/mol. The van der Waals surface area contributed by atoms with E-state index in [-0.39, 0.29) is 5.57 Å². The van der Waals surface area contributed by atoms with Gasteiger partial charge in [-0.2, -0.15) is 0 Å². The van der Waals surface area contributed by atoms with Crippen molar-refractivity contribution in [2.75, 3.05) is 0 Å². The van der Waals surface area contributed by atoms with Gasteiger partial charge in [0, 0.05) is 10.1 Å². The van der Waals surface area contributed by atoms with E-state index < -0.39 is 5.97 Å². The van der Waals surface area contributed by atoms with Gasteiger partial charge in [-0.1, -0.05) is 58.4 Å². The molecule has 16 heavy (non-hydrogen) atoms. The SMILES string of the molecule is C=C(CCCCCCCCCC)C(=O)OF. The van der Waals surface area contributed by atoms with Crippen molar-refractivity contribution in [2.24, 2.45) is 0 Å². The van der Waals surface area contributed by atoms with Crippen molar-refractivity contribution in [1.29, 1.82) is 0 Å². The molecule has 0 fully saturated rings. The predicted octanol–water partition coefficient (Wildman–Crippen LogP) is 4.50. The lowest BCUT2D eigenvalue weighted by atomic mass is 10.1. The first kappa shape index (κ1) is 15.1. The van der Waals surface area contributed by atoms with Gasteiger partial charge in [0.25, 0.3) is 0 Å². The molecule has 94 valence electrons. The average Bonchev–Trinajstić information content (AvgIpc) is 2.31. The molecule has 0 saturated heterocycles. The third kappa shape index (κ3) is 8.45. The molecule has 0 N–H and O–H groups in total. The van der Waals surface area contributed by atoms with Gasteiger partial charge in [0.1, 0.15) is 0 Å². The number of hydrogen-bond acceptors (Lipinski definition) is 2. The Kier molecular flexibility index (Phi) is 10.1. The van der Waals surface area contributed by atoms with E-state index in [0.29, 0.717) is 6.42 Å². The van der Waals surface area contributed by atoms with Crippen LogP contribution in [0.1, 0.15) is 64.7 Å². The summed E-state index contributed by atoms with van der Waals surface area (Å²) in [7, 11) is 0. The second-order valence-electron chi connectivity index (χ2n) is 4.19. The molecule has 0 aliphatic rings. The van der Waals surface area contributed by atoms with Gasteiger partial charge in [-0.3, -0.25) is 0 Å². The lowest BCUT2D eigenvalue weighted by Gasteiger charge is -2.02. The van der Waals surface area contributed by atoms with Gasteiger partial charge in [-0.25, -0.2) is 9.74 Å². The minimum atomic E-state index is -0.928. The average molecular weight is 230 g/mol. The van der Waals surface area contributed by atoms with E-state index >= 15 is 0 Å². The van der Waals surface area contributed by atoms with Gasteiger partial charge < -0.3 is 0 Å². The number of hydrogen-bond donors (Lipinski definition) is 0. The van der Waals surface area contributed by atoms with E-state index in [2.05, 4.69) is 18.4 Å². The van der Waals surface area contributed by atoms with Gasteiger partial charge in [-0.15, -0.1) is 0 Å². The van der Waals surface area contributed by atoms with Crippen LogP contribution in [-0.4, -0.2) is 5.97 Å². The zero-order valence-corrected chi connectivity index (χ0v) is 10.3. The van der Waals surface area contributed by atoms with Crippen LogP contribution >= 0.6 is 0 Å². The quantitative estimate of drug-likeness (QED) is 0.408. The molecule has 0 atom stereocenters. The predicted molar refractivity (Wildman–Crippen MR) is 63.6 cm³/mol. The summed E-state index contributed by atoms with van der Waals surface area (Å²) in [5.41, 5.74) is 0.230. The van der Waals surface area contributed by atoms with Gasteiger partial charge in [0.2, 0.25) is 0 Å². The summed E-state index contributed by atoms with van der Waals surface area (Å²) < 4.78 is 11.5. The van der Waals surface area contributed by atoms with Crippen LogP contribution in [0.2, 0.25) is 0 Å². The number of halogens is 1. The Balaban J connectivity index is 3.21. The smallest absolute Gasteiger partial charge is 0.250 e. The molecule has 0 aromatic heterocycles. The number of rotatable bonds is 10. The topological polar surface area (TPSA) is 26.3 Å². The standard InChI is InChI=1S/C13H23FO2/c1-3-4-5-6-7-8-9-10-11-12(2)13(15)16-14/h2-11H2,1H3. The number of carbonyl (C=O) groups is 1. The fourth-order valence-corrected chi connectivity index (χ4v) is 1.63. The molecule has 0 saturated carbocycles. The highest BCUT2D eigenvalue weighted by Gasteiger charge is 2.07. The van der Waals surface area contributed by atoms with E-state index in [4.69, 9.17) is 0 Å². The molecule has 0 amide bonds. The van der Waals surface area contributed by atoms with Crippen molar-refractivity contribution in [3.63, 3.8) is 0 Å². The second kappa shape index (κ2) is 10.7. The van der Waals surface area contributed by atoms with Crippen LogP contribution in [0.15, 0.2) is 12.2 Å². The summed E-state index contributed by atoms with van der Waals surface area (Å²) in [5, 5.41) is 0. The minimum Gasteiger partial charge on any atom is -0.250 e. The highest BCUT2D eigenvalue weighted by atomic mass is 19.3. The Morgan fingerprint density at radius 1 is 1.06 bits per heavy atom. The van der Waals surface area contributed by atoms with Crippen LogP contribution in [0, 0.1) is 0 Å². The second-order valence-corrected chi connectivity index (χ2v) is 4.19. The van der Waals surface area contributed by atoms with Gasteiger partial charge in [0.15, 0.2) is 0 Å². The first-order valence-electron chi connectivity index (χ1n) is 6.23. The molecule has 0 aromatic carbocycles. The Labute approximate surface area is 97.8 Å². The highest BCUT2D eigenvalue weighted by Crippen LogP contribution is 2.12. The maximum Gasteiger partial charge on any atom is 0.374 e. The Bertz CT molecular complexity index is 202. The molecule has 0 aliphatic heterocycles. The molecule has 0 rings (SSSR count). The number of unbranched alkanes of at least 4 members (excludes halogenated alkanes) is 7. The van der Waals surface area contributed by atoms with E-state index in [1.807, 2.05) is 0 Å². The fraction of sp³-hybridized carbons (Fsp3) is 0.769. The summed E-state index contributed by atoms with van der Waals surface area (Å²) in [6.07, 6.45) is 10.1. The highest BCUT2D eigenvalue weighted by molar-refractivity contribution is 5.87. The van der Waals surface area contributed by atoms with Crippen LogP contribution in [0.5, 0.6) is 0 Å². The zero-order valence-electron chi connectivity index (χ0n) is 10.3. The largest absolute Gasteiger partial charge is 0.374 e. The molecule has 0 aliphatic carbocycles. The summed E-state index contributed by atoms with van der Waals surface area (Å²) in [6.45, 7) is 5.67. The monoisotopic (exact) mass is 230 g/mol. The molecule has 3 heteroatoms. The van der Waals surface area contributed by atoms with E-state index in [1.54, 1.807) is 0 Å². The minimum absolute atomic E-state index is 0.230. The van der Waals surface area contributed by atoms with Crippen molar-refractivity contribution in [3.05, 3.63) is 12.2 Å². The summed E-state index contributed by atoms with van der Waals surface area (Å²) in [6, 6.07) is 0. The van der Waals surface area contributed by atoms with Crippen LogP contribution in [0.3, 0.4) is 0 Å². The summed E-state index contributed by atoms with van der Waals surface area (Å²) in [4.78, 5) is 13.7. The maximum atomic E-state index is 11.5. The lowest BCUT2D eigenvalue weighted by molar-refractivity contribution is -0.178. The molecule has 2 nitrogen and oxygen atoms in total. The molecular formula is C13H23FO2. The van der Waals surface area contributed by atoms with E-state index in [0.717, 1.165) is 12.8 Å². The van der Waals surface area contributed by atoms with Crippen molar-refractivity contribution >= 4 is 5.97 Å². The molecule has 0 radical (unpaired) electrons. The first-order chi connectivity index (χ1) is 7.72. The van der Waals surface area contributed by atoms with Crippen molar-refractivity contribution < 1.29 is 14.3 Å². The molecule has 0 unspecified atom stereocenters. The third-order valence-electron chi connectivity index (χ3n) is 2.69. The third-order valence-corrected chi connectivity index (χ3v) is 2.69. The molecule has 0 aromatic rings. The molecule has 0 bridgehead atoms. The van der Waals surface area contributed by atoms with Gasteiger partial charge >= 0.3 is 5.97 Å². The summed E-state index contributed by atoms with van der Waals surface area (Å²) >= 11 is 0. The van der Waals surface area contributed by atoms with Crippen LogP contribution in [0.25, 0.3) is 0 Å². The summed E-state index contributed by atoms with van der Waals surface area (Å²) in [5.74, 6) is -0.928. The van der Waals surface area contributed by atoms with E-state index in [9.17, 15) is 9.32 Å². The maximum absolute atomic E-state index is 11.5. The van der Waals surface area contributed by atoms with Crippen molar-refractivity contribution in [2.45, 2.75) is 64.7 Å². The Morgan fingerprint density at radius 3 is 2.06 bits per heavy atom. The Morgan fingerprint density at radius 2 is 1.56 bits per heavy atom. The van der Waals surface area contributed by atoms with Crippen molar-refractivity contribution in [3.8, 4) is 0 Å². The van der Waals surface area contributed by atoms with Gasteiger partial charge in [0.05, 0.1) is 0 Å². The molecule has 0 spiro atoms. The normalized spacial score (nSPS) is 10.1. The molecule has 0 heterocycles. The Hall–Kier alpha value is -0.860. The van der Waals surface area contributed by atoms with Crippen LogP contribution in [0.4, 0.5) is 4.53 Å². The fourth-order valence-electron chi connectivity index (χ4n) is 1.63. The number of carbonyl (C=O) groups excluding carboxylic acids is 1. The van der Waals surface area contributed by atoms with Crippen molar-refractivity contribution in [1.82, 2.24) is 0 Å². The first-order valence-corrected chi connectivity index (χ1v) is 6.23. The lowest BCUT2D eigenvalue weighted by Crippen LogP contribution is -2.00. The van der Waals surface area contributed by atoms with Crippen LogP contribution < -0.4 is 0 Å². The van der Waals surface area contributed by atoms with E-state index in [1.165, 1.54) is 38.5 Å². The van der Waals surface area contributed by atoms with Gasteiger partial charge in [-0.05, 0) is 12.8 Å². The zero-order chi connectivity index (χ0) is 12.2.